The molecule has 3 aromatic carbocycles. The summed E-state index contributed by atoms with van der Waals surface area (Å²) in [6, 6.07) is 29.0. The zero-order valence-corrected chi connectivity index (χ0v) is 18.4. The summed E-state index contributed by atoms with van der Waals surface area (Å²) in [4.78, 5) is 25.7. The first kappa shape index (κ1) is 21.6. The van der Waals surface area contributed by atoms with Crippen molar-refractivity contribution in [3.05, 3.63) is 119 Å². The molecule has 0 aliphatic heterocycles. The average molecular weight is 458 g/mol. The van der Waals surface area contributed by atoms with E-state index in [-0.39, 0.29) is 11.1 Å². The van der Waals surface area contributed by atoms with Gasteiger partial charge < -0.3 is 9.73 Å². The predicted molar refractivity (Wildman–Crippen MR) is 134 cm³/mol. The van der Waals surface area contributed by atoms with E-state index in [0.29, 0.717) is 22.5 Å². The lowest BCUT2D eigenvalue weighted by molar-refractivity contribution is -0.112. The van der Waals surface area contributed by atoms with Gasteiger partial charge >= 0.3 is 5.63 Å². The quantitative estimate of drug-likeness (QED) is 0.222. The fourth-order valence-electron chi connectivity index (χ4n) is 3.67. The van der Waals surface area contributed by atoms with Crippen molar-refractivity contribution in [3.63, 3.8) is 0 Å². The van der Waals surface area contributed by atoms with Gasteiger partial charge in [-0.05, 0) is 42.5 Å². The van der Waals surface area contributed by atoms with E-state index in [2.05, 4.69) is 10.4 Å². The van der Waals surface area contributed by atoms with Crippen LogP contribution in [0.3, 0.4) is 0 Å². The highest BCUT2D eigenvalue weighted by molar-refractivity contribution is 6.10. The molecule has 35 heavy (non-hydrogen) atoms. The highest BCUT2D eigenvalue weighted by atomic mass is 16.4. The highest BCUT2D eigenvalue weighted by Crippen LogP contribution is 2.26. The normalized spacial score (nSPS) is 11.2. The van der Waals surface area contributed by atoms with Gasteiger partial charge in [0, 0.05) is 22.8 Å². The maximum absolute atomic E-state index is 12.9. The van der Waals surface area contributed by atoms with E-state index in [1.807, 2.05) is 54.6 Å². The summed E-state index contributed by atoms with van der Waals surface area (Å²) in [5.74, 6) is -0.567. The molecule has 0 unspecified atom stereocenters. The summed E-state index contributed by atoms with van der Waals surface area (Å²) in [7, 11) is 0. The van der Waals surface area contributed by atoms with E-state index < -0.39 is 11.5 Å². The number of hydrogen-bond donors (Lipinski definition) is 1. The highest BCUT2D eigenvalue weighted by Gasteiger charge is 2.18. The van der Waals surface area contributed by atoms with Crippen molar-refractivity contribution >= 4 is 28.6 Å². The molecule has 2 heterocycles. The minimum atomic E-state index is -0.567. The third-order valence-electron chi connectivity index (χ3n) is 5.36. The van der Waals surface area contributed by atoms with Gasteiger partial charge in [0.15, 0.2) is 0 Å². The van der Waals surface area contributed by atoms with Crippen molar-refractivity contribution < 1.29 is 9.21 Å². The van der Waals surface area contributed by atoms with Crippen molar-refractivity contribution in [2.45, 2.75) is 0 Å². The van der Waals surface area contributed by atoms with Gasteiger partial charge in [0.05, 0.1) is 11.3 Å². The average Bonchev–Trinajstić information content (AvgIpc) is 3.31. The SMILES string of the molecule is N#CC(=Cc1cn(-c2ccccc2)nc1-c1cc2ccccc2oc1=O)C(=O)Nc1ccccc1. The van der Waals surface area contributed by atoms with Crippen LogP contribution in [-0.2, 0) is 4.79 Å². The van der Waals surface area contributed by atoms with Gasteiger partial charge in [0.1, 0.15) is 22.9 Å². The van der Waals surface area contributed by atoms with E-state index in [1.165, 1.54) is 6.08 Å². The molecule has 0 saturated carbocycles. The number of para-hydroxylation sites is 3. The summed E-state index contributed by atoms with van der Waals surface area (Å²) in [5, 5.41) is 17.8. The number of benzene rings is 3. The minimum absolute atomic E-state index is 0.132. The minimum Gasteiger partial charge on any atom is -0.422 e. The second-order valence-corrected chi connectivity index (χ2v) is 7.69. The van der Waals surface area contributed by atoms with Crippen LogP contribution in [0.25, 0.3) is 34.0 Å². The molecule has 1 amide bonds. The Balaban J connectivity index is 1.64. The monoisotopic (exact) mass is 458 g/mol. The Labute approximate surface area is 200 Å². The number of amides is 1. The fourth-order valence-corrected chi connectivity index (χ4v) is 3.67. The number of nitriles is 1. The Morgan fingerprint density at radius 1 is 0.971 bits per heavy atom. The number of aromatic nitrogens is 2. The smallest absolute Gasteiger partial charge is 0.345 e. The summed E-state index contributed by atoms with van der Waals surface area (Å²) >= 11 is 0. The van der Waals surface area contributed by atoms with Gasteiger partial charge in [-0.3, -0.25) is 4.79 Å². The largest absolute Gasteiger partial charge is 0.422 e. The van der Waals surface area contributed by atoms with Crippen molar-refractivity contribution in [1.29, 1.82) is 5.26 Å². The first-order chi connectivity index (χ1) is 17.1. The number of nitrogens with one attached hydrogen (secondary N) is 1. The number of nitrogens with zero attached hydrogens (tertiary/aromatic N) is 3. The van der Waals surface area contributed by atoms with Gasteiger partial charge in [-0.1, -0.05) is 54.6 Å². The van der Waals surface area contributed by atoms with E-state index in [0.717, 1.165) is 11.1 Å². The number of carbonyl (C=O) groups excluding carboxylic acids is 1. The summed E-state index contributed by atoms with van der Waals surface area (Å²) < 4.78 is 7.10. The number of hydrogen-bond acceptors (Lipinski definition) is 5. The lowest BCUT2D eigenvalue weighted by Crippen LogP contribution is -2.13. The lowest BCUT2D eigenvalue weighted by atomic mass is 10.1. The summed E-state index contributed by atoms with van der Waals surface area (Å²) in [6.45, 7) is 0. The molecule has 0 saturated heterocycles. The van der Waals surface area contributed by atoms with Crippen LogP contribution in [0, 0.1) is 11.3 Å². The van der Waals surface area contributed by atoms with Gasteiger partial charge in [-0.2, -0.15) is 10.4 Å². The second-order valence-electron chi connectivity index (χ2n) is 7.69. The molecule has 1 N–H and O–H groups in total. The predicted octanol–water partition coefficient (Wildman–Crippen LogP) is 5.19. The van der Waals surface area contributed by atoms with Crippen LogP contribution >= 0.6 is 0 Å². The van der Waals surface area contributed by atoms with Crippen LogP contribution in [0.15, 0.2) is 112 Å². The van der Waals surface area contributed by atoms with Crippen LogP contribution in [-0.4, -0.2) is 15.7 Å². The van der Waals surface area contributed by atoms with Crippen molar-refractivity contribution in [3.8, 4) is 23.0 Å². The number of carbonyl (C=O) groups is 1. The van der Waals surface area contributed by atoms with Gasteiger partial charge in [0.25, 0.3) is 5.91 Å². The molecule has 2 aromatic heterocycles. The fraction of sp³-hybridized carbons (Fsp3) is 0. The Kier molecular flexibility index (Phi) is 5.76. The summed E-state index contributed by atoms with van der Waals surface area (Å²) in [5.41, 5.74) is 2.03. The number of anilines is 1. The second kappa shape index (κ2) is 9.33. The maximum atomic E-state index is 12.9. The first-order valence-electron chi connectivity index (χ1n) is 10.8. The first-order valence-corrected chi connectivity index (χ1v) is 10.8. The molecule has 0 spiro atoms. The molecular weight excluding hydrogens is 440 g/mol. The Hall–Kier alpha value is -5.22. The molecule has 0 aliphatic carbocycles. The summed E-state index contributed by atoms with van der Waals surface area (Å²) in [6.07, 6.45) is 3.10. The third kappa shape index (κ3) is 4.49. The molecule has 7 nitrogen and oxygen atoms in total. The molecule has 0 radical (unpaired) electrons. The number of fused-ring (bicyclic) bond motifs is 1. The van der Waals surface area contributed by atoms with E-state index in [9.17, 15) is 14.9 Å². The molecule has 0 aliphatic rings. The van der Waals surface area contributed by atoms with E-state index in [1.54, 1.807) is 53.3 Å². The van der Waals surface area contributed by atoms with Crippen molar-refractivity contribution in [2.24, 2.45) is 0 Å². The molecule has 0 fully saturated rings. The van der Waals surface area contributed by atoms with Crippen LogP contribution in [0.1, 0.15) is 5.56 Å². The van der Waals surface area contributed by atoms with Crippen molar-refractivity contribution in [2.75, 3.05) is 5.32 Å². The van der Waals surface area contributed by atoms with E-state index >= 15 is 0 Å². The Morgan fingerprint density at radius 3 is 2.40 bits per heavy atom. The number of rotatable bonds is 5. The topological polar surface area (TPSA) is 101 Å². The Morgan fingerprint density at radius 2 is 1.66 bits per heavy atom. The van der Waals surface area contributed by atoms with Crippen molar-refractivity contribution in [1.82, 2.24) is 9.78 Å². The molecule has 5 rings (SSSR count). The van der Waals surface area contributed by atoms with E-state index in [4.69, 9.17) is 4.42 Å². The lowest BCUT2D eigenvalue weighted by Gasteiger charge is -2.04. The van der Waals surface area contributed by atoms with Crippen LogP contribution in [0.4, 0.5) is 5.69 Å². The molecule has 0 bridgehead atoms. The molecule has 168 valence electrons. The van der Waals surface area contributed by atoms with Crippen LogP contribution in [0.2, 0.25) is 0 Å². The van der Waals surface area contributed by atoms with Crippen LogP contribution < -0.4 is 10.9 Å². The molecule has 0 atom stereocenters. The molecule has 7 heteroatoms. The third-order valence-corrected chi connectivity index (χ3v) is 5.36. The Bertz CT molecular complexity index is 1660. The zero-order chi connectivity index (χ0) is 24.2. The van der Waals surface area contributed by atoms with Gasteiger partial charge in [-0.25, -0.2) is 9.48 Å². The van der Waals surface area contributed by atoms with Gasteiger partial charge in [-0.15, -0.1) is 0 Å². The molecule has 5 aromatic rings. The van der Waals surface area contributed by atoms with Gasteiger partial charge in [0.2, 0.25) is 0 Å². The zero-order valence-electron chi connectivity index (χ0n) is 18.4. The molecular formula is C28H18N4O3. The maximum Gasteiger partial charge on any atom is 0.345 e. The standard InChI is InChI=1S/C28H18N4O3/c29-17-20(27(33)30-22-10-3-1-4-11-22)15-21-18-32(23-12-5-2-6-13-23)31-26(21)24-16-19-9-7-8-14-25(19)35-28(24)34/h1-16,18H,(H,30,33). The van der Waals surface area contributed by atoms with Crippen LogP contribution in [0.5, 0.6) is 0 Å².